The number of halogens is 2. The maximum Gasteiger partial charge on any atom is 0.0256 e. The van der Waals surface area contributed by atoms with Gasteiger partial charge in [-0.05, 0) is 28.8 Å². The van der Waals surface area contributed by atoms with Crippen molar-refractivity contribution in [2.24, 2.45) is 0 Å². The van der Waals surface area contributed by atoms with Crippen molar-refractivity contribution in [2.75, 3.05) is 5.33 Å². The van der Waals surface area contributed by atoms with Gasteiger partial charge in [0.05, 0.1) is 0 Å². The summed E-state index contributed by atoms with van der Waals surface area (Å²) < 4.78 is 1.19. The number of hydrogen-bond acceptors (Lipinski definition) is 0. The average Bonchev–Trinajstić information content (AvgIpc) is 2.19. The van der Waals surface area contributed by atoms with Crippen molar-refractivity contribution >= 4 is 42.6 Å². The minimum atomic E-state index is 1.01. The van der Waals surface area contributed by atoms with Gasteiger partial charge in [0.1, 0.15) is 0 Å². The summed E-state index contributed by atoms with van der Waals surface area (Å²) in [6.07, 6.45) is 1.07. The van der Waals surface area contributed by atoms with E-state index >= 15 is 0 Å². The molecule has 0 saturated heterocycles. The highest BCUT2D eigenvalue weighted by Crippen LogP contribution is 2.27. The summed E-state index contributed by atoms with van der Waals surface area (Å²) in [7, 11) is 0. The lowest BCUT2D eigenvalue weighted by Crippen LogP contribution is -1.88. The van der Waals surface area contributed by atoms with Crippen LogP contribution in [0.1, 0.15) is 5.56 Å². The number of aryl methyl sites for hydroxylation is 1. The van der Waals surface area contributed by atoms with Gasteiger partial charge < -0.3 is 0 Å². The molecule has 14 heavy (non-hydrogen) atoms. The summed E-state index contributed by atoms with van der Waals surface area (Å²) in [6, 6.07) is 12.8. The number of fused-ring (bicyclic) bond motifs is 1. The summed E-state index contributed by atoms with van der Waals surface area (Å²) in [6.45, 7) is 0. The maximum atomic E-state index is 3.60. The van der Waals surface area contributed by atoms with E-state index in [2.05, 4.69) is 68.3 Å². The molecular formula is C12H10Br2. The summed E-state index contributed by atoms with van der Waals surface area (Å²) in [4.78, 5) is 0. The number of alkyl halides is 1. The molecule has 0 atom stereocenters. The fourth-order valence-corrected chi connectivity index (χ4v) is 2.74. The Morgan fingerprint density at radius 1 is 1.00 bits per heavy atom. The van der Waals surface area contributed by atoms with Gasteiger partial charge in [-0.15, -0.1) is 0 Å². The van der Waals surface area contributed by atoms with Crippen molar-refractivity contribution in [3.8, 4) is 0 Å². The second-order valence-electron chi connectivity index (χ2n) is 3.19. The van der Waals surface area contributed by atoms with Crippen LogP contribution in [0.5, 0.6) is 0 Å². The van der Waals surface area contributed by atoms with E-state index in [1.54, 1.807) is 0 Å². The molecule has 0 bridgehead atoms. The third kappa shape index (κ3) is 1.86. The predicted molar refractivity (Wildman–Crippen MR) is 69.1 cm³/mol. The quantitative estimate of drug-likeness (QED) is 0.714. The van der Waals surface area contributed by atoms with Crippen LogP contribution in [0.25, 0.3) is 10.8 Å². The summed E-state index contributed by atoms with van der Waals surface area (Å²) in [5.41, 5.74) is 1.40. The Morgan fingerprint density at radius 3 is 2.43 bits per heavy atom. The van der Waals surface area contributed by atoms with E-state index in [0.717, 1.165) is 11.8 Å². The van der Waals surface area contributed by atoms with E-state index in [1.807, 2.05) is 0 Å². The van der Waals surface area contributed by atoms with Crippen LogP contribution in [0.3, 0.4) is 0 Å². The molecular weight excluding hydrogens is 304 g/mol. The topological polar surface area (TPSA) is 0 Å². The Bertz CT molecular complexity index is 444. The van der Waals surface area contributed by atoms with Crippen molar-refractivity contribution in [2.45, 2.75) is 6.42 Å². The minimum Gasteiger partial charge on any atom is -0.0924 e. The standard InChI is InChI=1S/C12H10Br2/c13-8-7-10-4-1-3-9-5-2-6-11(14)12(9)10/h1-6H,7-8H2. The van der Waals surface area contributed by atoms with Crippen molar-refractivity contribution < 1.29 is 0 Å². The maximum absolute atomic E-state index is 3.60. The molecule has 72 valence electrons. The molecule has 2 rings (SSSR count). The van der Waals surface area contributed by atoms with Gasteiger partial charge in [0.15, 0.2) is 0 Å². The molecule has 0 heterocycles. The lowest BCUT2D eigenvalue weighted by Gasteiger charge is -2.06. The first-order valence-corrected chi connectivity index (χ1v) is 6.46. The van der Waals surface area contributed by atoms with Gasteiger partial charge in [-0.3, -0.25) is 0 Å². The molecule has 0 N–H and O–H groups in total. The molecule has 2 aromatic rings. The van der Waals surface area contributed by atoms with E-state index in [9.17, 15) is 0 Å². The second-order valence-corrected chi connectivity index (χ2v) is 4.84. The highest BCUT2D eigenvalue weighted by molar-refractivity contribution is 9.10. The van der Waals surface area contributed by atoms with Gasteiger partial charge in [-0.25, -0.2) is 0 Å². The SMILES string of the molecule is BrCCc1cccc2cccc(Br)c12. The third-order valence-electron chi connectivity index (χ3n) is 2.30. The minimum absolute atomic E-state index is 1.01. The Morgan fingerprint density at radius 2 is 1.71 bits per heavy atom. The zero-order valence-corrected chi connectivity index (χ0v) is 10.8. The van der Waals surface area contributed by atoms with Gasteiger partial charge >= 0.3 is 0 Å². The summed E-state index contributed by atoms with van der Waals surface area (Å²) in [5.74, 6) is 0. The Balaban J connectivity index is 2.71. The smallest absolute Gasteiger partial charge is 0.0256 e. The molecule has 0 unspecified atom stereocenters. The Labute approximate surface area is 101 Å². The van der Waals surface area contributed by atoms with Gasteiger partial charge in [0.25, 0.3) is 0 Å². The number of benzene rings is 2. The lowest BCUT2D eigenvalue weighted by molar-refractivity contribution is 1.19. The van der Waals surface area contributed by atoms with Crippen LogP contribution in [-0.2, 0) is 6.42 Å². The Kier molecular flexibility index (Phi) is 3.24. The first-order chi connectivity index (χ1) is 6.83. The van der Waals surface area contributed by atoms with E-state index in [0.29, 0.717) is 0 Å². The van der Waals surface area contributed by atoms with Crippen molar-refractivity contribution in [1.82, 2.24) is 0 Å². The van der Waals surface area contributed by atoms with Crippen LogP contribution in [-0.4, -0.2) is 5.33 Å². The fourth-order valence-electron chi connectivity index (χ4n) is 1.68. The molecule has 0 spiro atoms. The molecule has 2 aromatic carbocycles. The largest absolute Gasteiger partial charge is 0.0924 e. The van der Waals surface area contributed by atoms with E-state index in [-0.39, 0.29) is 0 Å². The van der Waals surface area contributed by atoms with Crippen LogP contribution in [0, 0.1) is 0 Å². The van der Waals surface area contributed by atoms with Crippen molar-refractivity contribution in [1.29, 1.82) is 0 Å². The number of rotatable bonds is 2. The first kappa shape index (κ1) is 10.2. The van der Waals surface area contributed by atoms with Crippen LogP contribution in [0.15, 0.2) is 40.9 Å². The molecule has 0 aromatic heterocycles. The summed E-state index contributed by atoms with van der Waals surface area (Å²) >= 11 is 7.08. The fraction of sp³-hybridized carbons (Fsp3) is 0.167. The molecule has 0 aliphatic heterocycles. The Hall–Kier alpha value is -0.340. The van der Waals surface area contributed by atoms with Crippen molar-refractivity contribution in [3.05, 3.63) is 46.4 Å². The molecule has 2 heteroatoms. The zero-order valence-electron chi connectivity index (χ0n) is 7.63. The zero-order chi connectivity index (χ0) is 9.97. The normalized spacial score (nSPS) is 10.7. The van der Waals surface area contributed by atoms with Gasteiger partial charge in [-0.2, -0.15) is 0 Å². The number of hydrogen-bond donors (Lipinski definition) is 0. The van der Waals surface area contributed by atoms with E-state index < -0.39 is 0 Å². The molecule has 0 saturated carbocycles. The monoisotopic (exact) mass is 312 g/mol. The molecule has 0 radical (unpaired) electrons. The lowest BCUT2D eigenvalue weighted by atomic mass is 10.0. The van der Waals surface area contributed by atoms with Crippen LogP contribution in [0.4, 0.5) is 0 Å². The van der Waals surface area contributed by atoms with Crippen molar-refractivity contribution in [3.63, 3.8) is 0 Å². The molecule has 0 aliphatic rings. The highest BCUT2D eigenvalue weighted by atomic mass is 79.9. The van der Waals surface area contributed by atoms with Crippen LogP contribution in [0.2, 0.25) is 0 Å². The molecule has 0 fully saturated rings. The van der Waals surface area contributed by atoms with E-state index in [1.165, 1.54) is 20.8 Å². The van der Waals surface area contributed by atoms with E-state index in [4.69, 9.17) is 0 Å². The average molecular weight is 314 g/mol. The third-order valence-corrected chi connectivity index (χ3v) is 3.36. The molecule has 0 amide bonds. The predicted octanol–water partition coefficient (Wildman–Crippen LogP) is 4.54. The second kappa shape index (κ2) is 4.45. The molecule has 0 aliphatic carbocycles. The van der Waals surface area contributed by atoms with Gasteiger partial charge in [-0.1, -0.05) is 62.2 Å². The molecule has 0 nitrogen and oxygen atoms in total. The first-order valence-electron chi connectivity index (χ1n) is 4.55. The van der Waals surface area contributed by atoms with Gasteiger partial charge in [0.2, 0.25) is 0 Å². The summed E-state index contributed by atoms with van der Waals surface area (Å²) in [5, 5.41) is 3.65. The van der Waals surface area contributed by atoms with Crippen LogP contribution < -0.4 is 0 Å². The highest BCUT2D eigenvalue weighted by Gasteiger charge is 2.02. The van der Waals surface area contributed by atoms with Gasteiger partial charge in [0, 0.05) is 9.80 Å². The van der Waals surface area contributed by atoms with Crippen LogP contribution >= 0.6 is 31.9 Å².